The second-order valence-electron chi connectivity index (χ2n) is 7.67. The van der Waals surface area contributed by atoms with Gasteiger partial charge in [0.15, 0.2) is 0 Å². The van der Waals surface area contributed by atoms with Crippen LogP contribution in [0.4, 0.5) is 10.5 Å². The summed E-state index contributed by atoms with van der Waals surface area (Å²) in [5.41, 5.74) is 2.16. The summed E-state index contributed by atoms with van der Waals surface area (Å²) in [5, 5.41) is 2.64. The van der Waals surface area contributed by atoms with Crippen LogP contribution in [0.25, 0.3) is 0 Å². The van der Waals surface area contributed by atoms with E-state index in [9.17, 15) is 9.59 Å². The number of amides is 3. The minimum Gasteiger partial charge on any atom is -0.492 e. The number of carbonyl (C=O) groups excluding carboxylic acids is 2. The van der Waals surface area contributed by atoms with Gasteiger partial charge in [-0.15, -0.1) is 0 Å². The lowest BCUT2D eigenvalue weighted by atomic mass is 9.85. The predicted octanol–water partition coefficient (Wildman–Crippen LogP) is 3.08. The number of anilines is 1. The largest absolute Gasteiger partial charge is 0.492 e. The number of carbonyl (C=O) groups is 2. The van der Waals surface area contributed by atoms with Crippen molar-refractivity contribution < 1.29 is 19.1 Å². The normalized spacial score (nSPS) is 20.0. The van der Waals surface area contributed by atoms with E-state index in [0.717, 1.165) is 21.8 Å². The average Bonchev–Trinajstić information content (AvgIpc) is 3.14. The molecule has 1 atom stereocenters. The molecule has 4 rings (SSSR count). The Hall–Kier alpha value is -3.16. The van der Waals surface area contributed by atoms with Gasteiger partial charge in [0.25, 0.3) is 5.91 Å². The molecule has 0 saturated carbocycles. The lowest BCUT2D eigenvalue weighted by Crippen LogP contribution is -2.31. The Labute approximate surface area is 162 Å². The number of aromatic nitrogens is 2. The second-order valence-corrected chi connectivity index (χ2v) is 7.67. The van der Waals surface area contributed by atoms with Crippen LogP contribution in [0.2, 0.25) is 0 Å². The number of hydrogen-bond donors (Lipinski definition) is 1. The molecule has 28 heavy (non-hydrogen) atoms. The summed E-state index contributed by atoms with van der Waals surface area (Å²) in [7, 11) is 0. The fourth-order valence-electron chi connectivity index (χ4n) is 3.53. The van der Waals surface area contributed by atoms with Crippen LogP contribution in [0.3, 0.4) is 0 Å². The minimum absolute atomic E-state index is 0.136. The van der Waals surface area contributed by atoms with Gasteiger partial charge < -0.3 is 14.8 Å². The number of rotatable bonds is 4. The number of nitrogens with one attached hydrogen (secondary N) is 1. The number of ether oxygens (including phenoxy) is 2. The molecule has 8 heteroatoms. The summed E-state index contributed by atoms with van der Waals surface area (Å²) in [6.07, 6.45) is 3.35. The highest BCUT2D eigenvalue weighted by molar-refractivity contribution is 6.21. The van der Waals surface area contributed by atoms with Gasteiger partial charge in [-0.05, 0) is 25.0 Å². The van der Waals surface area contributed by atoms with E-state index in [4.69, 9.17) is 9.47 Å². The van der Waals surface area contributed by atoms with Crippen LogP contribution >= 0.6 is 0 Å². The van der Waals surface area contributed by atoms with Crippen molar-refractivity contribution in [2.45, 2.75) is 45.6 Å². The molecule has 1 aromatic carbocycles. The first kappa shape index (κ1) is 18.2. The Morgan fingerprint density at radius 3 is 2.64 bits per heavy atom. The molecular formula is C20H22N4O4. The topological polar surface area (TPSA) is 93.7 Å². The maximum Gasteiger partial charge on any atom is 0.329 e. The van der Waals surface area contributed by atoms with E-state index in [2.05, 4.69) is 29.1 Å². The maximum atomic E-state index is 12.3. The van der Waals surface area contributed by atoms with Crippen LogP contribution in [-0.2, 0) is 10.2 Å². The summed E-state index contributed by atoms with van der Waals surface area (Å²) >= 11 is 0. The van der Waals surface area contributed by atoms with Crippen LogP contribution in [0.5, 0.6) is 17.5 Å². The van der Waals surface area contributed by atoms with E-state index < -0.39 is 12.1 Å². The van der Waals surface area contributed by atoms with Gasteiger partial charge in [-0.1, -0.05) is 26.8 Å². The number of benzene rings is 1. The fraction of sp³-hybridized carbons (Fsp3) is 0.400. The SMILES string of the molecule is CC[C@H]1NC(=O)N(c2cnc(Oc3ccc(C)c4c3C(C)(C)CO4)nc2)C1=O. The van der Waals surface area contributed by atoms with Gasteiger partial charge in [-0.2, -0.15) is 0 Å². The molecule has 0 bridgehead atoms. The van der Waals surface area contributed by atoms with E-state index in [1.165, 1.54) is 12.4 Å². The Morgan fingerprint density at radius 2 is 2.00 bits per heavy atom. The van der Waals surface area contributed by atoms with Crippen molar-refractivity contribution in [2.24, 2.45) is 0 Å². The van der Waals surface area contributed by atoms with Gasteiger partial charge in [0.1, 0.15) is 17.5 Å². The summed E-state index contributed by atoms with van der Waals surface area (Å²) in [6.45, 7) is 8.60. The molecule has 3 amide bonds. The molecule has 146 valence electrons. The zero-order valence-corrected chi connectivity index (χ0v) is 16.3. The summed E-state index contributed by atoms with van der Waals surface area (Å²) in [5.74, 6) is 1.17. The monoisotopic (exact) mass is 382 g/mol. The Balaban J connectivity index is 1.60. The van der Waals surface area contributed by atoms with Crippen molar-refractivity contribution in [3.63, 3.8) is 0 Å². The molecule has 1 aromatic heterocycles. The molecule has 1 N–H and O–H groups in total. The van der Waals surface area contributed by atoms with Gasteiger partial charge >= 0.3 is 12.0 Å². The summed E-state index contributed by atoms with van der Waals surface area (Å²) in [6, 6.07) is 2.97. The molecular weight excluding hydrogens is 360 g/mol. The molecule has 0 radical (unpaired) electrons. The first-order valence-electron chi connectivity index (χ1n) is 9.23. The molecule has 0 spiro atoms. The molecule has 2 aliphatic rings. The number of aryl methyl sites for hydroxylation is 1. The smallest absolute Gasteiger partial charge is 0.329 e. The fourth-order valence-corrected chi connectivity index (χ4v) is 3.53. The molecule has 2 aliphatic heterocycles. The Kier molecular flexibility index (Phi) is 4.21. The Bertz CT molecular complexity index is 955. The van der Waals surface area contributed by atoms with Crippen LogP contribution in [0.1, 0.15) is 38.3 Å². The van der Waals surface area contributed by atoms with Gasteiger partial charge in [0.2, 0.25) is 0 Å². The van der Waals surface area contributed by atoms with Gasteiger partial charge in [-0.3, -0.25) is 4.79 Å². The number of urea groups is 1. The van der Waals surface area contributed by atoms with Crippen molar-refractivity contribution in [1.29, 1.82) is 0 Å². The van der Waals surface area contributed by atoms with Crippen molar-refractivity contribution in [1.82, 2.24) is 15.3 Å². The number of nitrogens with zero attached hydrogens (tertiary/aromatic N) is 3. The van der Waals surface area contributed by atoms with E-state index >= 15 is 0 Å². The minimum atomic E-state index is -0.513. The third-order valence-electron chi connectivity index (χ3n) is 5.07. The third-order valence-corrected chi connectivity index (χ3v) is 5.07. The molecule has 8 nitrogen and oxygen atoms in total. The molecule has 2 aromatic rings. The lowest BCUT2D eigenvalue weighted by Gasteiger charge is -2.19. The maximum absolute atomic E-state index is 12.3. The van der Waals surface area contributed by atoms with Crippen molar-refractivity contribution in [3.05, 3.63) is 35.7 Å². The van der Waals surface area contributed by atoms with E-state index in [0.29, 0.717) is 24.5 Å². The quantitative estimate of drug-likeness (QED) is 0.817. The molecule has 1 saturated heterocycles. The highest BCUT2D eigenvalue weighted by Crippen LogP contribution is 2.46. The zero-order valence-electron chi connectivity index (χ0n) is 16.3. The molecule has 1 fully saturated rings. The van der Waals surface area contributed by atoms with Crippen LogP contribution in [0, 0.1) is 6.92 Å². The number of hydrogen-bond acceptors (Lipinski definition) is 6. The summed E-state index contributed by atoms with van der Waals surface area (Å²) in [4.78, 5) is 33.8. The second kappa shape index (κ2) is 6.47. The van der Waals surface area contributed by atoms with E-state index in [-0.39, 0.29) is 17.3 Å². The van der Waals surface area contributed by atoms with Crippen molar-refractivity contribution in [3.8, 4) is 17.5 Å². The van der Waals surface area contributed by atoms with Gasteiger partial charge in [0.05, 0.1) is 24.7 Å². The first-order chi connectivity index (χ1) is 13.3. The highest BCUT2D eigenvalue weighted by Gasteiger charge is 2.39. The molecule has 0 unspecified atom stereocenters. The highest BCUT2D eigenvalue weighted by atomic mass is 16.5. The van der Waals surface area contributed by atoms with Crippen LogP contribution in [0.15, 0.2) is 24.5 Å². The summed E-state index contributed by atoms with van der Waals surface area (Å²) < 4.78 is 11.8. The number of imide groups is 1. The molecule has 3 heterocycles. The number of fused-ring (bicyclic) bond motifs is 1. The van der Waals surface area contributed by atoms with E-state index in [1.54, 1.807) is 0 Å². The lowest BCUT2D eigenvalue weighted by molar-refractivity contribution is -0.118. The molecule has 0 aliphatic carbocycles. The van der Waals surface area contributed by atoms with Crippen LogP contribution < -0.4 is 19.7 Å². The van der Waals surface area contributed by atoms with Gasteiger partial charge in [-0.25, -0.2) is 19.7 Å². The predicted molar refractivity (Wildman–Crippen MR) is 102 cm³/mol. The zero-order chi connectivity index (χ0) is 20.1. The third kappa shape index (κ3) is 2.85. The average molecular weight is 382 g/mol. The van der Waals surface area contributed by atoms with Crippen molar-refractivity contribution >= 4 is 17.6 Å². The van der Waals surface area contributed by atoms with Gasteiger partial charge in [0, 0.05) is 11.0 Å². The first-order valence-corrected chi connectivity index (χ1v) is 9.23. The van der Waals surface area contributed by atoms with Crippen LogP contribution in [-0.4, -0.2) is 34.6 Å². The van der Waals surface area contributed by atoms with Crippen molar-refractivity contribution in [2.75, 3.05) is 11.5 Å². The Morgan fingerprint density at radius 1 is 1.29 bits per heavy atom. The van der Waals surface area contributed by atoms with E-state index in [1.807, 2.05) is 26.0 Å². The standard InChI is InChI=1S/C20H22N4O4/c1-5-13-17(25)24(19(26)23-13)12-8-21-18(22-9-12)28-14-7-6-11(2)16-15(14)20(3,4)10-27-16/h6-9,13H,5,10H2,1-4H3,(H,23,26)/t13-/m1/s1.